The van der Waals surface area contributed by atoms with Gasteiger partial charge in [-0.15, -0.1) is 0 Å². The summed E-state index contributed by atoms with van der Waals surface area (Å²) in [6.07, 6.45) is 0. The van der Waals surface area contributed by atoms with Gasteiger partial charge in [0.1, 0.15) is 18.0 Å². The van der Waals surface area contributed by atoms with Crippen LogP contribution in [0.4, 0.5) is 11.4 Å². The molecule has 12 heteroatoms. The number of nitrogens with zero attached hydrogens (tertiary/aromatic N) is 2. The molecule has 0 aliphatic heterocycles. The maximum Gasteiger partial charge on any atom is 0.289 e. The first-order chi connectivity index (χ1) is 17.8. The molecule has 0 aliphatic carbocycles. The number of methoxy groups -OCH3 is 2. The van der Waals surface area contributed by atoms with Gasteiger partial charge in [0.05, 0.1) is 24.8 Å². The van der Waals surface area contributed by atoms with E-state index in [4.69, 9.17) is 9.47 Å². The van der Waals surface area contributed by atoms with Gasteiger partial charge in [-0.1, -0.05) is 42.5 Å². The highest BCUT2D eigenvalue weighted by Gasteiger charge is 2.34. The number of ether oxygens (including phenoxy) is 2. The first-order valence-electron chi connectivity index (χ1n) is 11.1. The Labute approximate surface area is 219 Å². The summed E-state index contributed by atoms with van der Waals surface area (Å²) in [5, 5.41) is 14.3. The van der Waals surface area contributed by atoms with E-state index in [1.165, 1.54) is 44.6 Å². The molecule has 3 aromatic carbocycles. The molecule has 0 aromatic heterocycles. The van der Waals surface area contributed by atoms with Gasteiger partial charge in [0.15, 0.2) is 4.90 Å². The lowest BCUT2D eigenvalue weighted by atomic mass is 10.2. The van der Waals surface area contributed by atoms with E-state index >= 15 is 0 Å². The highest BCUT2D eigenvalue weighted by Crippen LogP contribution is 2.37. The van der Waals surface area contributed by atoms with Crippen molar-refractivity contribution in [3.63, 3.8) is 0 Å². The fourth-order valence-electron chi connectivity index (χ4n) is 3.45. The average Bonchev–Trinajstić information content (AvgIpc) is 2.91. The summed E-state index contributed by atoms with van der Waals surface area (Å²) < 4.78 is 38.7. The molecule has 1 amide bonds. The summed E-state index contributed by atoms with van der Waals surface area (Å²) in [4.78, 5) is 23.1. The summed E-state index contributed by atoms with van der Waals surface area (Å²) in [5.41, 5.74) is 0.597. The third kappa shape index (κ3) is 7.14. The van der Waals surface area contributed by atoms with Gasteiger partial charge in [-0.25, -0.2) is 8.42 Å². The second-order valence-electron chi connectivity index (χ2n) is 7.66. The number of carbonyl (C=O) groups is 1. The predicted octanol–water partition coefficient (Wildman–Crippen LogP) is 3.86. The summed E-state index contributed by atoms with van der Waals surface area (Å²) in [7, 11) is -1.75. The standard InChI is InChI=1S/C25H27N3O7S2/c1-34-20-12-13-21(23(16-20)35-2)27(37(32,33)24-11-7-6-10-22(24)28(30)31)17-25(29)26-14-15-36-18-19-8-4-3-5-9-19/h3-13,16H,14-15,17-18H2,1-2H3,(H,26,29). The SMILES string of the molecule is COc1ccc(N(CC(=O)NCCSCc2ccccc2)S(=O)(=O)c2ccccc2[N+](=O)[O-])c(OC)c1. The summed E-state index contributed by atoms with van der Waals surface area (Å²) in [5.74, 6) is 1.35. The van der Waals surface area contributed by atoms with Crippen molar-refractivity contribution in [2.24, 2.45) is 0 Å². The number of para-hydroxylation sites is 1. The molecule has 1 N–H and O–H groups in total. The molecule has 0 radical (unpaired) electrons. The van der Waals surface area contributed by atoms with Crippen LogP contribution in [0, 0.1) is 10.1 Å². The molecule has 0 spiro atoms. The molecule has 0 aliphatic rings. The lowest BCUT2D eigenvalue weighted by Crippen LogP contribution is -2.41. The van der Waals surface area contributed by atoms with Crippen LogP contribution in [0.25, 0.3) is 0 Å². The number of sulfonamides is 1. The highest BCUT2D eigenvalue weighted by molar-refractivity contribution is 7.98. The first kappa shape index (κ1) is 27.8. The van der Waals surface area contributed by atoms with Gasteiger partial charge in [-0.2, -0.15) is 11.8 Å². The van der Waals surface area contributed by atoms with Gasteiger partial charge in [-0.05, 0) is 23.8 Å². The van der Waals surface area contributed by atoms with Crippen LogP contribution in [0.1, 0.15) is 5.56 Å². The Bertz CT molecular complexity index is 1340. The van der Waals surface area contributed by atoms with E-state index in [9.17, 15) is 23.3 Å². The van der Waals surface area contributed by atoms with Crippen molar-refractivity contribution in [2.75, 3.05) is 37.4 Å². The van der Waals surface area contributed by atoms with E-state index in [1.807, 2.05) is 30.3 Å². The van der Waals surface area contributed by atoms with Crippen LogP contribution in [-0.2, 0) is 20.6 Å². The maximum absolute atomic E-state index is 13.7. The molecule has 0 saturated heterocycles. The largest absolute Gasteiger partial charge is 0.497 e. The molecule has 3 aromatic rings. The molecule has 0 bridgehead atoms. The number of carbonyl (C=O) groups excluding carboxylic acids is 1. The van der Waals surface area contributed by atoms with E-state index in [0.717, 1.165) is 27.8 Å². The van der Waals surface area contributed by atoms with Crippen molar-refractivity contribution in [1.82, 2.24) is 5.32 Å². The number of anilines is 1. The lowest BCUT2D eigenvalue weighted by Gasteiger charge is -2.25. The Morgan fingerprint density at radius 3 is 2.41 bits per heavy atom. The Morgan fingerprint density at radius 2 is 1.73 bits per heavy atom. The third-order valence-corrected chi connectivity index (χ3v) is 8.09. The number of thioether (sulfide) groups is 1. The number of nitro groups is 1. The van der Waals surface area contributed by atoms with Gasteiger partial charge in [0, 0.05) is 30.2 Å². The van der Waals surface area contributed by atoms with Gasteiger partial charge in [0.25, 0.3) is 15.7 Å². The van der Waals surface area contributed by atoms with Crippen LogP contribution < -0.4 is 19.1 Å². The summed E-state index contributed by atoms with van der Waals surface area (Å²) in [6, 6.07) is 19.3. The topological polar surface area (TPSA) is 128 Å². The summed E-state index contributed by atoms with van der Waals surface area (Å²) >= 11 is 1.63. The minimum Gasteiger partial charge on any atom is -0.497 e. The Morgan fingerprint density at radius 1 is 1.03 bits per heavy atom. The molecule has 37 heavy (non-hydrogen) atoms. The minimum atomic E-state index is -4.54. The zero-order valence-electron chi connectivity index (χ0n) is 20.3. The smallest absolute Gasteiger partial charge is 0.289 e. The zero-order chi connectivity index (χ0) is 26.8. The third-order valence-electron chi connectivity index (χ3n) is 5.25. The van der Waals surface area contributed by atoms with Crippen LogP contribution >= 0.6 is 11.8 Å². The first-order valence-corrected chi connectivity index (χ1v) is 13.7. The van der Waals surface area contributed by atoms with Crippen molar-refractivity contribution in [3.05, 3.63) is 88.5 Å². The quantitative estimate of drug-likeness (QED) is 0.195. The molecule has 0 heterocycles. The van der Waals surface area contributed by atoms with Crippen molar-refractivity contribution >= 4 is 39.1 Å². The fraction of sp³-hybridized carbons (Fsp3) is 0.240. The maximum atomic E-state index is 13.7. The van der Waals surface area contributed by atoms with Crippen molar-refractivity contribution in [2.45, 2.75) is 10.6 Å². The average molecular weight is 546 g/mol. The lowest BCUT2D eigenvalue weighted by molar-refractivity contribution is -0.387. The molecule has 0 atom stereocenters. The van der Waals surface area contributed by atoms with E-state index in [2.05, 4.69) is 5.32 Å². The number of nitrogens with one attached hydrogen (secondary N) is 1. The van der Waals surface area contributed by atoms with Gasteiger partial charge >= 0.3 is 0 Å². The number of benzene rings is 3. The van der Waals surface area contributed by atoms with Crippen LogP contribution in [0.5, 0.6) is 11.5 Å². The van der Waals surface area contributed by atoms with E-state index < -0.39 is 38.0 Å². The predicted molar refractivity (Wildman–Crippen MR) is 143 cm³/mol. The molecule has 196 valence electrons. The summed E-state index contributed by atoms with van der Waals surface area (Å²) in [6.45, 7) is -0.296. The van der Waals surface area contributed by atoms with Crippen LogP contribution in [0.2, 0.25) is 0 Å². The van der Waals surface area contributed by atoms with Crippen molar-refractivity contribution < 1.29 is 27.6 Å². The number of amides is 1. The minimum absolute atomic E-state index is 0.0371. The van der Waals surface area contributed by atoms with Crippen molar-refractivity contribution in [1.29, 1.82) is 0 Å². The van der Waals surface area contributed by atoms with Gasteiger partial charge in [-0.3, -0.25) is 19.2 Å². The second kappa shape index (κ2) is 13.0. The monoisotopic (exact) mass is 545 g/mol. The fourth-order valence-corrected chi connectivity index (χ4v) is 5.86. The number of rotatable bonds is 13. The van der Waals surface area contributed by atoms with Crippen LogP contribution in [0.15, 0.2) is 77.7 Å². The van der Waals surface area contributed by atoms with Crippen molar-refractivity contribution in [3.8, 4) is 11.5 Å². The Hall–Kier alpha value is -3.77. The number of hydrogen-bond acceptors (Lipinski definition) is 8. The molecule has 3 rings (SSSR count). The molecule has 0 fully saturated rings. The Kier molecular flexibility index (Phi) is 9.75. The van der Waals surface area contributed by atoms with Crippen LogP contribution in [-0.4, -0.2) is 52.3 Å². The van der Waals surface area contributed by atoms with Gasteiger partial charge in [0.2, 0.25) is 5.91 Å². The highest BCUT2D eigenvalue weighted by atomic mass is 32.2. The second-order valence-corrected chi connectivity index (χ2v) is 10.6. The Balaban J connectivity index is 1.83. The van der Waals surface area contributed by atoms with E-state index in [1.54, 1.807) is 11.8 Å². The normalized spacial score (nSPS) is 11.0. The number of nitro benzene ring substituents is 1. The molecule has 10 nitrogen and oxygen atoms in total. The molecular formula is C25H27N3O7S2. The zero-order valence-corrected chi connectivity index (χ0v) is 22.0. The van der Waals surface area contributed by atoms with Gasteiger partial charge < -0.3 is 14.8 Å². The number of hydrogen-bond donors (Lipinski definition) is 1. The van der Waals surface area contributed by atoms with Crippen LogP contribution in [0.3, 0.4) is 0 Å². The van der Waals surface area contributed by atoms with E-state index in [-0.39, 0.29) is 11.4 Å². The molecular weight excluding hydrogens is 518 g/mol. The molecule has 0 saturated carbocycles. The van der Waals surface area contributed by atoms with E-state index in [0.29, 0.717) is 18.0 Å². The molecule has 0 unspecified atom stereocenters.